The maximum atomic E-state index is 8.79. The van der Waals surface area contributed by atoms with Crippen LogP contribution in [-0.4, -0.2) is 0 Å². The van der Waals surface area contributed by atoms with Gasteiger partial charge in [0, 0.05) is 11.1 Å². The number of nitrogens with zero attached hydrogens (tertiary/aromatic N) is 1. The van der Waals surface area contributed by atoms with Crippen LogP contribution in [0.25, 0.3) is 0 Å². The maximum absolute atomic E-state index is 8.79. The van der Waals surface area contributed by atoms with Gasteiger partial charge in [-0.2, -0.15) is 5.26 Å². The van der Waals surface area contributed by atoms with Crippen LogP contribution in [0.1, 0.15) is 17.2 Å². The molecule has 13 heavy (non-hydrogen) atoms. The van der Waals surface area contributed by atoms with Gasteiger partial charge >= 0.3 is 0 Å². The number of rotatable bonds is 2. The third kappa shape index (κ3) is 2.09. The first-order valence-corrected chi connectivity index (χ1v) is 4.14. The van der Waals surface area contributed by atoms with Gasteiger partial charge in [0.1, 0.15) is 0 Å². The van der Waals surface area contributed by atoms with Crippen LogP contribution >= 0.6 is 11.6 Å². The molecule has 0 unspecified atom stereocenters. The highest BCUT2D eigenvalue weighted by Gasteiger charge is 2.07. The van der Waals surface area contributed by atoms with E-state index in [0.717, 1.165) is 5.56 Å². The van der Waals surface area contributed by atoms with Gasteiger partial charge in [0.05, 0.1) is 11.6 Å². The predicted octanol–water partition coefficient (Wildman–Crippen LogP) is 2.40. The standard InChI is InChI=1S/C10H9ClN2/c1-2-10(13)9-4-3-8(11)5-7(9)6-12/h2-5,10H,1,13H2/t10-/m1/s1. The van der Waals surface area contributed by atoms with Crippen molar-refractivity contribution in [2.45, 2.75) is 6.04 Å². The van der Waals surface area contributed by atoms with Crippen LogP contribution in [-0.2, 0) is 0 Å². The average Bonchev–Trinajstić information content (AvgIpc) is 2.16. The molecule has 0 aliphatic heterocycles. The van der Waals surface area contributed by atoms with Crippen molar-refractivity contribution in [2.24, 2.45) is 5.73 Å². The van der Waals surface area contributed by atoms with Crippen LogP contribution in [0.15, 0.2) is 30.9 Å². The van der Waals surface area contributed by atoms with E-state index in [2.05, 4.69) is 6.58 Å². The summed E-state index contributed by atoms with van der Waals surface area (Å²) < 4.78 is 0. The number of benzene rings is 1. The third-order valence-corrected chi connectivity index (χ3v) is 1.98. The van der Waals surface area contributed by atoms with Gasteiger partial charge in [-0.1, -0.05) is 23.7 Å². The Morgan fingerprint density at radius 3 is 2.85 bits per heavy atom. The molecule has 1 atom stereocenters. The lowest BCUT2D eigenvalue weighted by atomic mass is 10.0. The quantitative estimate of drug-likeness (QED) is 0.732. The summed E-state index contributed by atoms with van der Waals surface area (Å²) in [5.41, 5.74) is 6.96. The number of halogens is 1. The average molecular weight is 193 g/mol. The summed E-state index contributed by atoms with van der Waals surface area (Å²) in [6, 6.07) is 6.78. The minimum Gasteiger partial charge on any atom is -0.321 e. The second kappa shape index (κ2) is 4.08. The van der Waals surface area contributed by atoms with E-state index >= 15 is 0 Å². The first-order chi connectivity index (χ1) is 6.19. The second-order valence-electron chi connectivity index (χ2n) is 2.60. The first kappa shape index (κ1) is 9.79. The number of nitrogens with two attached hydrogens (primary N) is 1. The molecule has 0 bridgehead atoms. The summed E-state index contributed by atoms with van der Waals surface area (Å²) in [7, 11) is 0. The van der Waals surface area contributed by atoms with Crippen LogP contribution in [0.4, 0.5) is 0 Å². The lowest BCUT2D eigenvalue weighted by Gasteiger charge is -2.08. The lowest BCUT2D eigenvalue weighted by Crippen LogP contribution is -2.08. The van der Waals surface area contributed by atoms with E-state index in [9.17, 15) is 0 Å². The Hall–Kier alpha value is -1.30. The van der Waals surface area contributed by atoms with E-state index < -0.39 is 0 Å². The summed E-state index contributed by atoms with van der Waals surface area (Å²) in [6.45, 7) is 3.57. The predicted molar refractivity (Wildman–Crippen MR) is 53.3 cm³/mol. The molecule has 0 amide bonds. The van der Waals surface area contributed by atoms with Gasteiger partial charge in [0.25, 0.3) is 0 Å². The van der Waals surface area contributed by atoms with Crippen LogP contribution in [0, 0.1) is 11.3 Å². The monoisotopic (exact) mass is 192 g/mol. The molecule has 1 aromatic rings. The molecule has 1 rings (SSSR count). The topological polar surface area (TPSA) is 49.8 Å². The third-order valence-electron chi connectivity index (χ3n) is 1.75. The van der Waals surface area contributed by atoms with Crippen LogP contribution in [0.5, 0.6) is 0 Å². The molecule has 0 aromatic heterocycles. The van der Waals surface area contributed by atoms with Crippen LogP contribution in [0.3, 0.4) is 0 Å². The van der Waals surface area contributed by atoms with E-state index in [1.54, 1.807) is 24.3 Å². The molecule has 66 valence electrons. The smallest absolute Gasteiger partial charge is 0.0995 e. The Balaban J connectivity index is 3.22. The van der Waals surface area contributed by atoms with Crippen LogP contribution < -0.4 is 5.73 Å². The highest BCUT2D eigenvalue weighted by atomic mass is 35.5. The highest BCUT2D eigenvalue weighted by molar-refractivity contribution is 6.30. The van der Waals surface area contributed by atoms with E-state index in [0.29, 0.717) is 10.6 Å². The lowest BCUT2D eigenvalue weighted by molar-refractivity contribution is 0.910. The number of nitriles is 1. The SMILES string of the molecule is C=C[C@@H](N)c1ccc(Cl)cc1C#N. The van der Waals surface area contributed by atoms with Crippen molar-refractivity contribution in [3.8, 4) is 6.07 Å². The summed E-state index contributed by atoms with van der Waals surface area (Å²) in [6.07, 6.45) is 1.59. The van der Waals surface area contributed by atoms with E-state index in [4.69, 9.17) is 22.6 Å². The van der Waals surface area contributed by atoms with Crippen molar-refractivity contribution < 1.29 is 0 Å². The first-order valence-electron chi connectivity index (χ1n) is 3.76. The maximum Gasteiger partial charge on any atom is 0.0995 e. The Labute approximate surface area is 82.2 Å². The fourth-order valence-electron chi connectivity index (χ4n) is 1.04. The Morgan fingerprint density at radius 1 is 1.62 bits per heavy atom. The molecule has 0 saturated heterocycles. The molecular formula is C10H9ClN2. The normalized spacial score (nSPS) is 11.8. The highest BCUT2D eigenvalue weighted by Crippen LogP contribution is 2.20. The molecule has 0 radical (unpaired) electrons. The molecule has 0 spiro atoms. The Kier molecular flexibility index (Phi) is 3.07. The van der Waals surface area contributed by atoms with E-state index in [1.807, 2.05) is 6.07 Å². The molecule has 0 heterocycles. The summed E-state index contributed by atoms with van der Waals surface area (Å²) in [5, 5.41) is 9.33. The Morgan fingerprint density at radius 2 is 2.31 bits per heavy atom. The van der Waals surface area contributed by atoms with Gasteiger partial charge in [0.2, 0.25) is 0 Å². The van der Waals surface area contributed by atoms with Crippen molar-refractivity contribution in [2.75, 3.05) is 0 Å². The number of hydrogen-bond donors (Lipinski definition) is 1. The Bertz CT molecular complexity index is 366. The van der Waals surface area contributed by atoms with Gasteiger partial charge in [0.15, 0.2) is 0 Å². The van der Waals surface area contributed by atoms with Gasteiger partial charge < -0.3 is 5.73 Å². The zero-order chi connectivity index (χ0) is 9.84. The van der Waals surface area contributed by atoms with E-state index in [-0.39, 0.29) is 6.04 Å². The molecule has 2 N–H and O–H groups in total. The zero-order valence-corrected chi connectivity index (χ0v) is 7.75. The molecule has 0 aliphatic rings. The summed E-state index contributed by atoms with van der Waals surface area (Å²) in [5.74, 6) is 0. The van der Waals surface area contributed by atoms with Gasteiger partial charge in [-0.05, 0) is 17.7 Å². The molecule has 0 saturated carbocycles. The van der Waals surface area contributed by atoms with Gasteiger partial charge in [-0.3, -0.25) is 0 Å². The minimum absolute atomic E-state index is 0.313. The van der Waals surface area contributed by atoms with Crippen molar-refractivity contribution >= 4 is 11.6 Å². The number of hydrogen-bond acceptors (Lipinski definition) is 2. The van der Waals surface area contributed by atoms with Gasteiger partial charge in [-0.25, -0.2) is 0 Å². The molecule has 1 aromatic carbocycles. The summed E-state index contributed by atoms with van der Waals surface area (Å²) in [4.78, 5) is 0. The van der Waals surface area contributed by atoms with Crippen molar-refractivity contribution in [3.05, 3.63) is 47.0 Å². The van der Waals surface area contributed by atoms with Gasteiger partial charge in [-0.15, -0.1) is 6.58 Å². The minimum atomic E-state index is -0.313. The molecule has 3 heteroatoms. The molecular weight excluding hydrogens is 184 g/mol. The second-order valence-corrected chi connectivity index (χ2v) is 3.04. The van der Waals surface area contributed by atoms with Crippen molar-refractivity contribution in [1.29, 1.82) is 5.26 Å². The fourth-order valence-corrected chi connectivity index (χ4v) is 1.22. The zero-order valence-electron chi connectivity index (χ0n) is 7.00. The van der Waals surface area contributed by atoms with Crippen molar-refractivity contribution in [1.82, 2.24) is 0 Å². The molecule has 2 nitrogen and oxygen atoms in total. The summed E-state index contributed by atoms with van der Waals surface area (Å²) >= 11 is 5.73. The fraction of sp³-hybridized carbons (Fsp3) is 0.100. The van der Waals surface area contributed by atoms with E-state index in [1.165, 1.54) is 0 Å². The van der Waals surface area contributed by atoms with Crippen LogP contribution in [0.2, 0.25) is 5.02 Å². The van der Waals surface area contributed by atoms with Crippen molar-refractivity contribution in [3.63, 3.8) is 0 Å². The molecule has 0 aliphatic carbocycles. The molecule has 0 fully saturated rings. The largest absolute Gasteiger partial charge is 0.321 e.